The zero-order valence-corrected chi connectivity index (χ0v) is 16.2. The van der Waals surface area contributed by atoms with Crippen LogP contribution in [0.1, 0.15) is 46.0 Å². The molecule has 1 heterocycles. The van der Waals surface area contributed by atoms with Gasteiger partial charge < -0.3 is 5.32 Å². The van der Waals surface area contributed by atoms with Crippen molar-refractivity contribution in [2.24, 2.45) is 0 Å². The molecule has 0 unspecified atom stereocenters. The first-order valence-electron chi connectivity index (χ1n) is 8.81. The summed E-state index contributed by atoms with van der Waals surface area (Å²) < 4.78 is 25.8. The molecule has 7 heteroatoms. The van der Waals surface area contributed by atoms with E-state index in [1.807, 2.05) is 6.92 Å². The van der Waals surface area contributed by atoms with Crippen molar-refractivity contribution in [1.29, 1.82) is 0 Å². The highest BCUT2D eigenvalue weighted by atomic mass is 32.2. The Morgan fingerprint density at radius 3 is 2.30 bits per heavy atom. The lowest BCUT2D eigenvalue weighted by Gasteiger charge is -2.28. The van der Waals surface area contributed by atoms with Crippen LogP contribution in [-0.2, 0) is 10.0 Å². The SMILES string of the molecule is CC(=O)c1ccc(C)c(NC(=O)c2ccc(N3CCCCS3(=O)=O)cc2)c1. The molecule has 0 bridgehead atoms. The molecule has 2 aromatic rings. The average Bonchev–Trinajstić information content (AvgIpc) is 2.63. The first kappa shape index (κ1) is 19.1. The van der Waals surface area contributed by atoms with Crippen LogP contribution in [0, 0.1) is 6.92 Å². The highest BCUT2D eigenvalue weighted by Crippen LogP contribution is 2.24. The Morgan fingerprint density at radius 2 is 1.67 bits per heavy atom. The molecule has 0 saturated carbocycles. The second-order valence-electron chi connectivity index (χ2n) is 6.68. The minimum absolute atomic E-state index is 0.0717. The van der Waals surface area contributed by atoms with Crippen molar-refractivity contribution in [1.82, 2.24) is 0 Å². The van der Waals surface area contributed by atoms with E-state index < -0.39 is 10.0 Å². The van der Waals surface area contributed by atoms with Crippen molar-refractivity contribution in [3.63, 3.8) is 0 Å². The van der Waals surface area contributed by atoms with Crippen LogP contribution < -0.4 is 9.62 Å². The van der Waals surface area contributed by atoms with E-state index in [2.05, 4.69) is 5.32 Å². The fourth-order valence-electron chi connectivity index (χ4n) is 3.03. The molecule has 1 fully saturated rings. The molecule has 27 heavy (non-hydrogen) atoms. The van der Waals surface area contributed by atoms with E-state index in [1.165, 1.54) is 11.2 Å². The molecular weight excluding hydrogens is 364 g/mol. The number of ketones is 1. The minimum atomic E-state index is -3.28. The van der Waals surface area contributed by atoms with Gasteiger partial charge in [0.05, 0.1) is 11.4 Å². The Labute approximate surface area is 159 Å². The van der Waals surface area contributed by atoms with Gasteiger partial charge in [0.15, 0.2) is 5.78 Å². The average molecular weight is 386 g/mol. The summed E-state index contributed by atoms with van der Waals surface area (Å²) in [6, 6.07) is 11.7. The molecular formula is C20H22N2O4S. The summed E-state index contributed by atoms with van der Waals surface area (Å²) in [6.07, 6.45) is 1.51. The molecule has 0 atom stereocenters. The third-order valence-corrected chi connectivity index (χ3v) is 6.53. The summed E-state index contributed by atoms with van der Waals surface area (Å²) in [5, 5.41) is 2.81. The summed E-state index contributed by atoms with van der Waals surface area (Å²) in [6.45, 7) is 3.79. The molecule has 3 rings (SSSR count). The van der Waals surface area contributed by atoms with Gasteiger partial charge in [-0.15, -0.1) is 0 Å². The van der Waals surface area contributed by atoms with Crippen molar-refractivity contribution in [3.05, 3.63) is 59.2 Å². The standard InChI is InChI=1S/C20H22N2O4S/c1-14-5-6-17(15(2)23)13-19(14)21-20(24)16-7-9-18(10-8-16)22-11-3-4-12-27(22,25)26/h5-10,13H,3-4,11-12H2,1-2H3,(H,21,24). The van der Waals surface area contributed by atoms with E-state index in [0.717, 1.165) is 12.0 Å². The lowest BCUT2D eigenvalue weighted by atomic mass is 10.1. The molecule has 0 aromatic heterocycles. The van der Waals surface area contributed by atoms with Gasteiger partial charge in [-0.1, -0.05) is 12.1 Å². The van der Waals surface area contributed by atoms with Gasteiger partial charge in [-0.3, -0.25) is 13.9 Å². The normalized spacial score (nSPS) is 16.0. The molecule has 1 N–H and O–H groups in total. The topological polar surface area (TPSA) is 83.6 Å². The van der Waals surface area contributed by atoms with Gasteiger partial charge in [-0.05, 0) is 62.6 Å². The Hall–Kier alpha value is -2.67. The van der Waals surface area contributed by atoms with E-state index in [9.17, 15) is 18.0 Å². The van der Waals surface area contributed by atoms with Crippen molar-refractivity contribution < 1.29 is 18.0 Å². The number of carbonyl (C=O) groups excluding carboxylic acids is 2. The predicted molar refractivity (Wildman–Crippen MR) is 106 cm³/mol. The highest BCUT2D eigenvalue weighted by Gasteiger charge is 2.26. The number of nitrogens with zero attached hydrogens (tertiary/aromatic N) is 1. The number of nitrogens with one attached hydrogen (secondary N) is 1. The molecule has 0 spiro atoms. The Bertz CT molecular complexity index is 982. The molecule has 2 aromatic carbocycles. The Kier molecular flexibility index (Phi) is 5.32. The van der Waals surface area contributed by atoms with Gasteiger partial charge in [0, 0.05) is 23.4 Å². The van der Waals surface area contributed by atoms with E-state index in [0.29, 0.717) is 35.5 Å². The van der Waals surface area contributed by atoms with Crippen LogP contribution in [0.3, 0.4) is 0 Å². The van der Waals surface area contributed by atoms with Crippen molar-refractivity contribution in [2.75, 3.05) is 21.9 Å². The summed E-state index contributed by atoms with van der Waals surface area (Å²) in [5.74, 6) is -0.231. The fourth-order valence-corrected chi connectivity index (χ4v) is 4.67. The van der Waals surface area contributed by atoms with Gasteiger partial charge in [0.1, 0.15) is 0 Å². The maximum atomic E-state index is 12.5. The number of sulfonamides is 1. The first-order valence-corrected chi connectivity index (χ1v) is 10.4. The van der Waals surface area contributed by atoms with Gasteiger partial charge in [0.2, 0.25) is 10.0 Å². The third kappa shape index (κ3) is 4.19. The summed E-state index contributed by atoms with van der Waals surface area (Å²) in [7, 11) is -3.28. The highest BCUT2D eigenvalue weighted by molar-refractivity contribution is 7.92. The number of hydrogen-bond donors (Lipinski definition) is 1. The van der Waals surface area contributed by atoms with E-state index >= 15 is 0 Å². The zero-order valence-electron chi connectivity index (χ0n) is 15.4. The molecule has 0 radical (unpaired) electrons. The number of amides is 1. The fraction of sp³-hybridized carbons (Fsp3) is 0.300. The van der Waals surface area contributed by atoms with E-state index in [4.69, 9.17) is 0 Å². The predicted octanol–water partition coefficient (Wildman–Crippen LogP) is 3.38. The molecule has 142 valence electrons. The van der Waals surface area contributed by atoms with Crippen molar-refractivity contribution in [2.45, 2.75) is 26.7 Å². The Balaban J connectivity index is 1.79. The minimum Gasteiger partial charge on any atom is -0.322 e. The lowest BCUT2D eigenvalue weighted by Crippen LogP contribution is -2.37. The Morgan fingerprint density at radius 1 is 1.00 bits per heavy atom. The summed E-state index contributed by atoms with van der Waals surface area (Å²) in [4.78, 5) is 24.1. The molecule has 1 amide bonds. The maximum absolute atomic E-state index is 12.5. The van der Waals surface area contributed by atoms with Crippen LogP contribution in [0.25, 0.3) is 0 Å². The van der Waals surface area contributed by atoms with Crippen LogP contribution >= 0.6 is 0 Å². The molecule has 6 nitrogen and oxygen atoms in total. The van der Waals surface area contributed by atoms with Gasteiger partial charge in [0.25, 0.3) is 5.91 Å². The summed E-state index contributed by atoms with van der Waals surface area (Å²) >= 11 is 0. The number of anilines is 2. The lowest BCUT2D eigenvalue weighted by molar-refractivity contribution is 0.101. The van der Waals surface area contributed by atoms with Gasteiger partial charge in [-0.25, -0.2) is 8.42 Å². The number of rotatable bonds is 4. The van der Waals surface area contributed by atoms with E-state index in [-0.39, 0.29) is 17.4 Å². The largest absolute Gasteiger partial charge is 0.322 e. The number of hydrogen-bond acceptors (Lipinski definition) is 4. The second-order valence-corrected chi connectivity index (χ2v) is 8.69. The molecule has 1 aliphatic heterocycles. The van der Waals surface area contributed by atoms with Crippen LogP contribution in [0.5, 0.6) is 0 Å². The van der Waals surface area contributed by atoms with Gasteiger partial charge >= 0.3 is 0 Å². The zero-order chi connectivity index (χ0) is 19.6. The third-order valence-electron chi connectivity index (χ3n) is 4.66. The van der Waals surface area contributed by atoms with Crippen LogP contribution in [0.2, 0.25) is 0 Å². The van der Waals surface area contributed by atoms with Crippen molar-refractivity contribution >= 4 is 33.1 Å². The smallest absolute Gasteiger partial charge is 0.255 e. The number of benzene rings is 2. The van der Waals surface area contributed by atoms with Gasteiger partial charge in [-0.2, -0.15) is 0 Å². The number of carbonyl (C=O) groups is 2. The summed E-state index contributed by atoms with van der Waals surface area (Å²) in [5.41, 5.74) is 2.95. The quantitative estimate of drug-likeness (QED) is 0.817. The first-order chi connectivity index (χ1) is 12.8. The molecule has 1 aliphatic rings. The monoisotopic (exact) mass is 386 g/mol. The van der Waals surface area contributed by atoms with Crippen molar-refractivity contribution in [3.8, 4) is 0 Å². The number of Topliss-reactive ketones (excluding diaryl/α,β-unsaturated/α-hetero) is 1. The maximum Gasteiger partial charge on any atom is 0.255 e. The molecule has 0 aliphatic carbocycles. The second kappa shape index (κ2) is 7.52. The molecule has 1 saturated heterocycles. The number of aryl methyl sites for hydroxylation is 1. The van der Waals surface area contributed by atoms with Crippen LogP contribution in [0.4, 0.5) is 11.4 Å². The van der Waals surface area contributed by atoms with E-state index in [1.54, 1.807) is 42.5 Å². The van der Waals surface area contributed by atoms with Crippen LogP contribution in [0.15, 0.2) is 42.5 Å². The van der Waals surface area contributed by atoms with Crippen LogP contribution in [-0.4, -0.2) is 32.4 Å².